The number of nitrogens with two attached hydrogens (primary N) is 1. The van der Waals surface area contributed by atoms with Crippen molar-refractivity contribution in [2.75, 3.05) is 5.73 Å². The van der Waals surface area contributed by atoms with Crippen molar-refractivity contribution >= 4 is 28.4 Å². The smallest absolute Gasteiger partial charge is 0.158 e. The van der Waals surface area contributed by atoms with Gasteiger partial charge in [0, 0.05) is 12.2 Å². The third kappa shape index (κ3) is 1.85. The zero-order valence-corrected chi connectivity index (χ0v) is 8.87. The molecular weight excluding hydrogens is 253 g/mol. The van der Waals surface area contributed by atoms with Gasteiger partial charge in [-0.05, 0) is 35.9 Å². The van der Waals surface area contributed by atoms with Crippen molar-refractivity contribution in [1.29, 1.82) is 0 Å². The van der Waals surface area contributed by atoms with Gasteiger partial charge in [-0.1, -0.05) is 6.92 Å². The second-order valence-corrected chi connectivity index (χ2v) is 3.76. The highest BCUT2D eigenvalue weighted by Gasteiger charge is 2.06. The Morgan fingerprint density at radius 2 is 2.45 bits per heavy atom. The third-order valence-corrected chi connectivity index (χ3v) is 2.59. The number of halogens is 1. The van der Waals surface area contributed by atoms with Crippen LogP contribution in [0.5, 0.6) is 0 Å². The summed E-state index contributed by atoms with van der Waals surface area (Å²) in [6, 6.07) is 0.445. The zero-order valence-electron chi connectivity index (χ0n) is 6.71. The van der Waals surface area contributed by atoms with Gasteiger partial charge < -0.3 is 5.73 Å². The lowest BCUT2D eigenvalue weighted by Crippen LogP contribution is -2.04. The molecule has 1 aromatic heterocycles. The molecule has 1 aromatic rings. The van der Waals surface area contributed by atoms with E-state index in [1.807, 2.05) is 10.9 Å². The van der Waals surface area contributed by atoms with E-state index in [0.29, 0.717) is 11.9 Å². The van der Waals surface area contributed by atoms with Crippen molar-refractivity contribution in [2.45, 2.75) is 26.3 Å². The number of anilines is 1. The van der Waals surface area contributed by atoms with Crippen LogP contribution in [-0.2, 0) is 0 Å². The summed E-state index contributed by atoms with van der Waals surface area (Å²) >= 11 is 2.19. The highest BCUT2D eigenvalue weighted by Crippen LogP contribution is 2.16. The second-order valence-electron chi connectivity index (χ2n) is 2.60. The first-order chi connectivity index (χ1) is 5.15. The molecular formula is C7H12IN3. The monoisotopic (exact) mass is 265 g/mol. The van der Waals surface area contributed by atoms with Gasteiger partial charge in [0.2, 0.25) is 0 Å². The van der Waals surface area contributed by atoms with E-state index in [0.717, 1.165) is 9.99 Å². The molecule has 0 aliphatic rings. The summed E-state index contributed by atoms with van der Waals surface area (Å²) in [7, 11) is 0. The van der Waals surface area contributed by atoms with Gasteiger partial charge >= 0.3 is 0 Å². The number of nitrogen functional groups attached to an aromatic ring is 1. The van der Waals surface area contributed by atoms with Crippen LogP contribution in [0.15, 0.2) is 6.20 Å². The predicted molar refractivity (Wildman–Crippen MR) is 54.4 cm³/mol. The number of aromatic nitrogens is 2. The summed E-state index contributed by atoms with van der Waals surface area (Å²) in [5, 5.41) is 4.17. The molecule has 1 heterocycles. The first kappa shape index (κ1) is 8.83. The van der Waals surface area contributed by atoms with Gasteiger partial charge in [0.1, 0.15) is 0 Å². The quantitative estimate of drug-likeness (QED) is 0.831. The van der Waals surface area contributed by atoms with Gasteiger partial charge in [0.25, 0.3) is 0 Å². The number of nitrogens with zero attached hydrogens (tertiary/aromatic N) is 2. The fourth-order valence-electron chi connectivity index (χ4n) is 0.796. The Kier molecular flexibility index (Phi) is 2.75. The topological polar surface area (TPSA) is 43.8 Å². The molecule has 11 heavy (non-hydrogen) atoms. The van der Waals surface area contributed by atoms with E-state index in [9.17, 15) is 0 Å². The fraction of sp³-hybridized carbons (Fsp3) is 0.571. The Bertz CT molecular complexity index is 224. The molecule has 0 amide bonds. The van der Waals surface area contributed by atoms with Gasteiger partial charge in [-0.3, -0.25) is 4.68 Å². The van der Waals surface area contributed by atoms with Gasteiger partial charge in [0.05, 0.1) is 3.57 Å². The number of hydrogen-bond donors (Lipinski definition) is 1. The first-order valence-corrected chi connectivity index (χ1v) is 4.73. The lowest BCUT2D eigenvalue weighted by atomic mass is 10.3. The zero-order chi connectivity index (χ0) is 8.43. The van der Waals surface area contributed by atoms with Crippen LogP contribution in [0.1, 0.15) is 26.3 Å². The average molecular weight is 265 g/mol. The van der Waals surface area contributed by atoms with Crippen LogP contribution in [0.4, 0.5) is 5.82 Å². The lowest BCUT2D eigenvalue weighted by molar-refractivity contribution is 0.479. The fourth-order valence-corrected chi connectivity index (χ4v) is 1.19. The molecule has 1 unspecified atom stereocenters. The third-order valence-electron chi connectivity index (χ3n) is 1.76. The van der Waals surface area contributed by atoms with E-state index >= 15 is 0 Å². The summed E-state index contributed by atoms with van der Waals surface area (Å²) in [5.41, 5.74) is 5.59. The molecule has 0 aliphatic heterocycles. The summed E-state index contributed by atoms with van der Waals surface area (Å²) < 4.78 is 2.94. The van der Waals surface area contributed by atoms with Crippen LogP contribution in [-0.4, -0.2) is 9.78 Å². The molecule has 2 N–H and O–H groups in total. The molecule has 0 fully saturated rings. The molecule has 0 saturated carbocycles. The van der Waals surface area contributed by atoms with Crippen molar-refractivity contribution in [2.24, 2.45) is 0 Å². The van der Waals surface area contributed by atoms with E-state index in [2.05, 4.69) is 41.5 Å². The highest BCUT2D eigenvalue weighted by molar-refractivity contribution is 14.1. The SMILES string of the molecule is CCC(C)n1cc(I)c(N)n1. The van der Waals surface area contributed by atoms with Gasteiger partial charge in [-0.25, -0.2) is 0 Å². The van der Waals surface area contributed by atoms with E-state index in [-0.39, 0.29) is 0 Å². The standard InChI is InChI=1S/C7H12IN3/c1-3-5(2)11-4-6(8)7(9)10-11/h4-5H,3H2,1-2H3,(H2,9,10). The molecule has 3 nitrogen and oxygen atoms in total. The molecule has 4 heteroatoms. The Morgan fingerprint density at radius 1 is 1.82 bits per heavy atom. The summed E-state index contributed by atoms with van der Waals surface area (Å²) in [5.74, 6) is 0.630. The average Bonchev–Trinajstić information content (AvgIpc) is 2.31. The van der Waals surface area contributed by atoms with Crippen molar-refractivity contribution in [3.63, 3.8) is 0 Å². The summed E-state index contributed by atoms with van der Waals surface area (Å²) in [4.78, 5) is 0. The number of hydrogen-bond acceptors (Lipinski definition) is 2. The second kappa shape index (κ2) is 3.42. The first-order valence-electron chi connectivity index (χ1n) is 3.65. The van der Waals surface area contributed by atoms with Gasteiger partial charge in [-0.15, -0.1) is 0 Å². The lowest BCUT2D eigenvalue weighted by Gasteiger charge is -2.07. The van der Waals surface area contributed by atoms with Crippen molar-refractivity contribution < 1.29 is 0 Å². The van der Waals surface area contributed by atoms with E-state index in [1.165, 1.54) is 0 Å². The van der Waals surface area contributed by atoms with Crippen LogP contribution >= 0.6 is 22.6 Å². The molecule has 62 valence electrons. The Morgan fingerprint density at radius 3 is 2.82 bits per heavy atom. The van der Waals surface area contributed by atoms with Crippen LogP contribution in [0, 0.1) is 3.57 Å². The van der Waals surface area contributed by atoms with Gasteiger partial charge in [0.15, 0.2) is 5.82 Å². The Balaban J connectivity index is 2.88. The molecule has 0 aliphatic carbocycles. The van der Waals surface area contributed by atoms with Crippen LogP contribution in [0.2, 0.25) is 0 Å². The molecule has 0 bridgehead atoms. The minimum atomic E-state index is 0.445. The molecule has 1 atom stereocenters. The normalized spacial score (nSPS) is 13.4. The summed E-state index contributed by atoms with van der Waals surface area (Å²) in [6.07, 6.45) is 3.06. The molecule has 0 radical (unpaired) electrons. The van der Waals surface area contributed by atoms with Crippen molar-refractivity contribution in [1.82, 2.24) is 9.78 Å². The largest absolute Gasteiger partial charge is 0.381 e. The summed E-state index contributed by atoms with van der Waals surface area (Å²) in [6.45, 7) is 4.26. The molecule has 0 spiro atoms. The van der Waals surface area contributed by atoms with E-state index < -0.39 is 0 Å². The van der Waals surface area contributed by atoms with Crippen molar-refractivity contribution in [3.8, 4) is 0 Å². The Labute approximate surface area is 80.1 Å². The molecule has 0 saturated heterocycles. The molecule has 1 rings (SSSR count). The predicted octanol–water partition coefficient (Wildman–Crippen LogP) is 2.04. The highest BCUT2D eigenvalue weighted by atomic mass is 127. The van der Waals surface area contributed by atoms with Gasteiger partial charge in [-0.2, -0.15) is 5.10 Å². The molecule has 0 aromatic carbocycles. The Hall–Kier alpha value is -0.260. The maximum absolute atomic E-state index is 5.59. The van der Waals surface area contributed by atoms with Crippen LogP contribution in [0.25, 0.3) is 0 Å². The van der Waals surface area contributed by atoms with Crippen molar-refractivity contribution in [3.05, 3.63) is 9.77 Å². The van der Waals surface area contributed by atoms with Crippen LogP contribution in [0.3, 0.4) is 0 Å². The minimum absolute atomic E-state index is 0.445. The van der Waals surface area contributed by atoms with E-state index in [1.54, 1.807) is 0 Å². The van der Waals surface area contributed by atoms with E-state index in [4.69, 9.17) is 5.73 Å². The maximum Gasteiger partial charge on any atom is 0.158 e. The van der Waals surface area contributed by atoms with Crippen LogP contribution < -0.4 is 5.73 Å². The maximum atomic E-state index is 5.59. The minimum Gasteiger partial charge on any atom is -0.381 e. The number of rotatable bonds is 2.